The summed E-state index contributed by atoms with van der Waals surface area (Å²) in [6, 6.07) is 16.5. The first-order valence-electron chi connectivity index (χ1n) is 7.00. The van der Waals surface area contributed by atoms with Crippen LogP contribution < -0.4 is 5.73 Å². The highest BCUT2D eigenvalue weighted by molar-refractivity contribution is 5.78. The Bertz CT molecular complexity index is 783. The van der Waals surface area contributed by atoms with Gasteiger partial charge in [-0.2, -0.15) is 0 Å². The maximum atomic E-state index is 13.4. The Morgan fingerprint density at radius 1 is 1.10 bits per heavy atom. The van der Waals surface area contributed by atoms with Crippen LogP contribution in [0.15, 0.2) is 54.6 Å². The maximum Gasteiger partial charge on any atom is 0.123 e. The van der Waals surface area contributed by atoms with E-state index in [9.17, 15) is 4.39 Å². The van der Waals surface area contributed by atoms with E-state index in [4.69, 9.17) is 5.73 Å². The molecule has 0 aliphatic carbocycles. The van der Waals surface area contributed by atoms with Crippen molar-refractivity contribution in [2.75, 3.05) is 0 Å². The normalized spacial score (nSPS) is 12.5. The lowest BCUT2D eigenvalue weighted by Crippen LogP contribution is -2.15. The molecule has 1 aromatic heterocycles. The molecule has 2 aromatic carbocycles. The first-order valence-corrected chi connectivity index (χ1v) is 7.00. The van der Waals surface area contributed by atoms with Gasteiger partial charge in [-0.25, -0.2) is 4.39 Å². The zero-order valence-corrected chi connectivity index (χ0v) is 11.9. The zero-order valence-electron chi connectivity index (χ0n) is 11.9. The molecule has 3 rings (SSSR count). The molecule has 1 atom stereocenters. The fraction of sp³-hybridized carbons (Fsp3) is 0.167. The van der Waals surface area contributed by atoms with Crippen molar-refractivity contribution in [3.8, 4) is 0 Å². The third kappa shape index (κ3) is 2.93. The number of hydrogen-bond donors (Lipinski definition) is 1. The van der Waals surface area contributed by atoms with Crippen LogP contribution in [0.5, 0.6) is 0 Å². The van der Waals surface area contributed by atoms with Crippen LogP contribution in [-0.4, -0.2) is 4.98 Å². The molecule has 0 aliphatic rings. The Balaban J connectivity index is 1.88. The zero-order chi connectivity index (χ0) is 14.8. The van der Waals surface area contributed by atoms with Crippen LogP contribution >= 0.6 is 0 Å². The number of benzene rings is 2. The van der Waals surface area contributed by atoms with Gasteiger partial charge in [0, 0.05) is 23.5 Å². The van der Waals surface area contributed by atoms with Crippen LogP contribution in [0, 0.1) is 12.7 Å². The molecule has 2 nitrogen and oxygen atoms in total. The molecule has 0 saturated heterocycles. The lowest BCUT2D eigenvalue weighted by atomic mass is 9.97. The van der Waals surface area contributed by atoms with Gasteiger partial charge in [0.2, 0.25) is 0 Å². The van der Waals surface area contributed by atoms with E-state index in [0.29, 0.717) is 6.42 Å². The van der Waals surface area contributed by atoms with Gasteiger partial charge in [-0.1, -0.05) is 30.3 Å². The van der Waals surface area contributed by atoms with E-state index in [1.54, 1.807) is 6.07 Å². The summed E-state index contributed by atoms with van der Waals surface area (Å²) in [5.41, 5.74) is 9.95. The number of fused-ring (bicyclic) bond motifs is 1. The minimum absolute atomic E-state index is 0.252. The molecule has 0 radical (unpaired) electrons. The number of pyridine rings is 1. The van der Waals surface area contributed by atoms with Crippen molar-refractivity contribution < 1.29 is 4.39 Å². The topological polar surface area (TPSA) is 38.9 Å². The molecule has 1 unspecified atom stereocenters. The van der Waals surface area contributed by atoms with Crippen molar-refractivity contribution in [3.63, 3.8) is 0 Å². The molecule has 2 N–H and O–H groups in total. The van der Waals surface area contributed by atoms with E-state index in [2.05, 4.69) is 4.98 Å². The molecule has 0 aliphatic heterocycles. The van der Waals surface area contributed by atoms with Crippen molar-refractivity contribution >= 4 is 10.9 Å². The van der Waals surface area contributed by atoms with Crippen LogP contribution in [0.2, 0.25) is 0 Å². The van der Waals surface area contributed by atoms with Gasteiger partial charge in [-0.3, -0.25) is 4.98 Å². The molecule has 106 valence electrons. The maximum absolute atomic E-state index is 13.4. The first kappa shape index (κ1) is 13.7. The second kappa shape index (κ2) is 5.62. The van der Waals surface area contributed by atoms with Crippen LogP contribution in [-0.2, 0) is 6.42 Å². The Kier molecular flexibility index (Phi) is 3.67. The number of hydrogen-bond acceptors (Lipinski definition) is 2. The standard InChI is InChI=1S/C18H17FN2/c1-12-6-8-14(19)10-16(12)17(20)11-15-9-7-13-4-2-3-5-18(13)21-15/h2-10,17H,11,20H2,1H3. The van der Waals surface area contributed by atoms with Crippen molar-refractivity contribution in [1.82, 2.24) is 4.98 Å². The lowest BCUT2D eigenvalue weighted by molar-refractivity contribution is 0.616. The van der Waals surface area contributed by atoms with Crippen molar-refractivity contribution in [2.45, 2.75) is 19.4 Å². The summed E-state index contributed by atoms with van der Waals surface area (Å²) >= 11 is 0. The average molecular weight is 280 g/mol. The Morgan fingerprint density at radius 2 is 1.90 bits per heavy atom. The number of para-hydroxylation sites is 1. The van der Waals surface area contributed by atoms with Gasteiger partial charge in [0.1, 0.15) is 5.82 Å². The third-order valence-corrected chi connectivity index (χ3v) is 3.73. The van der Waals surface area contributed by atoms with E-state index in [1.807, 2.05) is 43.3 Å². The average Bonchev–Trinajstić information content (AvgIpc) is 2.49. The van der Waals surface area contributed by atoms with Crippen LogP contribution in [0.3, 0.4) is 0 Å². The predicted molar refractivity (Wildman–Crippen MR) is 83.5 cm³/mol. The van der Waals surface area contributed by atoms with Gasteiger partial charge < -0.3 is 5.73 Å². The minimum Gasteiger partial charge on any atom is -0.324 e. The molecular formula is C18H17FN2. The first-order chi connectivity index (χ1) is 10.1. The number of nitrogens with two attached hydrogens (primary N) is 1. The van der Waals surface area contributed by atoms with E-state index in [1.165, 1.54) is 12.1 Å². The summed E-state index contributed by atoms with van der Waals surface area (Å²) in [6.07, 6.45) is 0.592. The van der Waals surface area contributed by atoms with Gasteiger partial charge >= 0.3 is 0 Å². The molecule has 21 heavy (non-hydrogen) atoms. The van der Waals surface area contributed by atoms with Crippen molar-refractivity contribution in [3.05, 3.63) is 77.2 Å². The van der Waals surface area contributed by atoms with Gasteiger partial charge in [-0.05, 0) is 42.3 Å². The monoisotopic (exact) mass is 280 g/mol. The number of aryl methyl sites for hydroxylation is 1. The van der Waals surface area contributed by atoms with E-state index in [-0.39, 0.29) is 11.9 Å². The van der Waals surface area contributed by atoms with Gasteiger partial charge in [-0.15, -0.1) is 0 Å². The highest BCUT2D eigenvalue weighted by Crippen LogP contribution is 2.21. The largest absolute Gasteiger partial charge is 0.324 e. The molecular weight excluding hydrogens is 263 g/mol. The van der Waals surface area contributed by atoms with E-state index >= 15 is 0 Å². The smallest absolute Gasteiger partial charge is 0.123 e. The molecule has 0 bridgehead atoms. The number of rotatable bonds is 3. The number of halogens is 1. The van der Waals surface area contributed by atoms with Crippen LogP contribution in [0.1, 0.15) is 22.9 Å². The Hall–Kier alpha value is -2.26. The molecule has 0 fully saturated rings. The third-order valence-electron chi connectivity index (χ3n) is 3.73. The molecule has 1 heterocycles. The highest BCUT2D eigenvalue weighted by atomic mass is 19.1. The summed E-state index contributed by atoms with van der Waals surface area (Å²) in [6.45, 7) is 1.95. The fourth-order valence-corrected chi connectivity index (χ4v) is 2.57. The Labute approximate surface area is 123 Å². The molecule has 3 heteroatoms. The molecule has 0 amide bonds. The SMILES string of the molecule is Cc1ccc(F)cc1C(N)Cc1ccc2ccccc2n1. The second-order valence-corrected chi connectivity index (χ2v) is 5.31. The molecule has 0 saturated carbocycles. The van der Waals surface area contributed by atoms with E-state index in [0.717, 1.165) is 27.7 Å². The van der Waals surface area contributed by atoms with Crippen molar-refractivity contribution in [1.29, 1.82) is 0 Å². The van der Waals surface area contributed by atoms with Crippen molar-refractivity contribution in [2.24, 2.45) is 5.73 Å². The van der Waals surface area contributed by atoms with Crippen LogP contribution in [0.25, 0.3) is 10.9 Å². The number of aromatic nitrogens is 1. The lowest BCUT2D eigenvalue weighted by Gasteiger charge is -2.15. The summed E-state index contributed by atoms with van der Waals surface area (Å²) < 4.78 is 13.4. The summed E-state index contributed by atoms with van der Waals surface area (Å²) in [5.74, 6) is -0.252. The Morgan fingerprint density at radius 3 is 2.76 bits per heavy atom. The van der Waals surface area contributed by atoms with Gasteiger partial charge in [0.05, 0.1) is 5.52 Å². The molecule has 3 aromatic rings. The highest BCUT2D eigenvalue weighted by Gasteiger charge is 2.12. The van der Waals surface area contributed by atoms with Gasteiger partial charge in [0.25, 0.3) is 0 Å². The predicted octanol–water partition coefficient (Wildman–Crippen LogP) is 3.92. The molecule has 0 spiro atoms. The quantitative estimate of drug-likeness (QED) is 0.789. The summed E-state index contributed by atoms with van der Waals surface area (Å²) in [5, 5.41) is 1.11. The van der Waals surface area contributed by atoms with Gasteiger partial charge in [0.15, 0.2) is 0 Å². The fourth-order valence-electron chi connectivity index (χ4n) is 2.57. The number of nitrogens with zero attached hydrogens (tertiary/aromatic N) is 1. The summed E-state index contributed by atoms with van der Waals surface area (Å²) in [4.78, 5) is 4.62. The second-order valence-electron chi connectivity index (χ2n) is 5.31. The van der Waals surface area contributed by atoms with E-state index < -0.39 is 0 Å². The summed E-state index contributed by atoms with van der Waals surface area (Å²) in [7, 11) is 0. The minimum atomic E-state index is -0.255. The van der Waals surface area contributed by atoms with Crippen LogP contribution in [0.4, 0.5) is 4.39 Å².